The normalized spacial score (nSPS) is 11.1. The van der Waals surface area contributed by atoms with Gasteiger partial charge in [0.15, 0.2) is 5.78 Å². The summed E-state index contributed by atoms with van der Waals surface area (Å²) < 4.78 is 0. The van der Waals surface area contributed by atoms with Crippen molar-refractivity contribution in [2.45, 2.75) is 13.8 Å². The lowest BCUT2D eigenvalue weighted by Gasteiger charge is -2.03. The number of aryl methyl sites for hydroxylation is 1. The Kier molecular flexibility index (Phi) is 2.82. The summed E-state index contributed by atoms with van der Waals surface area (Å²) in [7, 11) is 0. The molecule has 0 atom stereocenters. The number of hydrogen-bond acceptors (Lipinski definition) is 2. The predicted molar refractivity (Wildman–Crippen MR) is 66.2 cm³/mol. The molecule has 0 radical (unpaired) electrons. The minimum atomic E-state index is 0.0542. The number of carbonyl (C=O) groups excluding carboxylic acids is 1. The molecule has 0 amide bonds. The van der Waals surface area contributed by atoms with E-state index in [0.29, 0.717) is 0 Å². The van der Waals surface area contributed by atoms with Crippen molar-refractivity contribution in [3.05, 3.63) is 47.7 Å². The van der Waals surface area contributed by atoms with Crippen LogP contribution in [0.5, 0.6) is 0 Å². The minimum Gasteiger partial charge on any atom is -0.295 e. The summed E-state index contributed by atoms with van der Waals surface area (Å²) in [5.74, 6) is 0.0542. The Morgan fingerprint density at radius 3 is 2.81 bits per heavy atom. The number of benzene rings is 1. The van der Waals surface area contributed by atoms with E-state index in [1.807, 2.05) is 43.3 Å². The van der Waals surface area contributed by atoms with Crippen LogP contribution in [0, 0.1) is 6.92 Å². The van der Waals surface area contributed by atoms with Gasteiger partial charge in [0.1, 0.15) is 0 Å². The quantitative estimate of drug-likeness (QED) is 0.714. The van der Waals surface area contributed by atoms with Gasteiger partial charge >= 0.3 is 0 Å². The molecule has 2 rings (SSSR count). The fourth-order valence-electron chi connectivity index (χ4n) is 1.69. The van der Waals surface area contributed by atoms with E-state index in [9.17, 15) is 4.79 Å². The fourth-order valence-corrected chi connectivity index (χ4v) is 1.69. The molecule has 0 aliphatic heterocycles. The van der Waals surface area contributed by atoms with Crippen LogP contribution in [0.4, 0.5) is 0 Å². The standard InChI is InChI=1S/C14H13NO/c1-10-9-12(8-7-11(2)16)13-5-3-4-6-14(13)15-10/h3-9H,1-2H3/b8-7+. The maximum atomic E-state index is 10.9. The Balaban J connectivity index is 2.63. The van der Waals surface area contributed by atoms with Gasteiger partial charge in [0, 0.05) is 11.1 Å². The van der Waals surface area contributed by atoms with Crippen molar-refractivity contribution in [1.82, 2.24) is 4.98 Å². The zero-order valence-corrected chi connectivity index (χ0v) is 9.40. The fraction of sp³-hybridized carbons (Fsp3) is 0.143. The largest absolute Gasteiger partial charge is 0.295 e. The van der Waals surface area contributed by atoms with Crippen molar-refractivity contribution in [2.75, 3.05) is 0 Å². The van der Waals surface area contributed by atoms with Crippen LogP contribution < -0.4 is 0 Å². The van der Waals surface area contributed by atoms with Crippen molar-refractivity contribution in [1.29, 1.82) is 0 Å². The second kappa shape index (κ2) is 4.27. The topological polar surface area (TPSA) is 30.0 Å². The molecule has 1 aromatic heterocycles. The molecule has 0 spiro atoms. The van der Waals surface area contributed by atoms with Crippen LogP contribution in [0.15, 0.2) is 36.4 Å². The maximum Gasteiger partial charge on any atom is 0.152 e. The average Bonchev–Trinajstić information content (AvgIpc) is 2.25. The van der Waals surface area contributed by atoms with Crippen LogP contribution in [-0.4, -0.2) is 10.8 Å². The Bertz CT molecular complexity index is 570. The van der Waals surface area contributed by atoms with Crippen molar-refractivity contribution in [2.24, 2.45) is 0 Å². The second-order valence-corrected chi connectivity index (χ2v) is 3.81. The Morgan fingerprint density at radius 2 is 2.06 bits per heavy atom. The molecule has 80 valence electrons. The van der Waals surface area contributed by atoms with Gasteiger partial charge in [-0.1, -0.05) is 24.3 Å². The first kappa shape index (κ1) is 10.6. The number of aromatic nitrogens is 1. The van der Waals surface area contributed by atoms with E-state index < -0.39 is 0 Å². The number of carbonyl (C=O) groups is 1. The van der Waals surface area contributed by atoms with E-state index in [1.54, 1.807) is 13.0 Å². The lowest BCUT2D eigenvalue weighted by Crippen LogP contribution is -1.88. The summed E-state index contributed by atoms with van der Waals surface area (Å²) in [4.78, 5) is 15.4. The summed E-state index contributed by atoms with van der Waals surface area (Å²) in [5, 5.41) is 1.07. The smallest absolute Gasteiger partial charge is 0.152 e. The summed E-state index contributed by atoms with van der Waals surface area (Å²) >= 11 is 0. The van der Waals surface area contributed by atoms with E-state index in [2.05, 4.69) is 4.98 Å². The molecule has 0 saturated carbocycles. The third-order valence-corrected chi connectivity index (χ3v) is 2.37. The van der Waals surface area contributed by atoms with Crippen LogP contribution in [0.2, 0.25) is 0 Å². The molecule has 1 aromatic carbocycles. The van der Waals surface area contributed by atoms with Gasteiger partial charge in [0.25, 0.3) is 0 Å². The molecular formula is C14H13NO. The molecule has 2 heteroatoms. The van der Waals surface area contributed by atoms with Crippen LogP contribution in [-0.2, 0) is 4.79 Å². The predicted octanol–water partition coefficient (Wildman–Crippen LogP) is 3.15. The zero-order chi connectivity index (χ0) is 11.5. The van der Waals surface area contributed by atoms with Gasteiger partial charge in [-0.25, -0.2) is 0 Å². The minimum absolute atomic E-state index is 0.0542. The van der Waals surface area contributed by atoms with E-state index in [4.69, 9.17) is 0 Å². The van der Waals surface area contributed by atoms with E-state index in [-0.39, 0.29) is 5.78 Å². The number of rotatable bonds is 2. The molecule has 16 heavy (non-hydrogen) atoms. The molecule has 0 aliphatic rings. The number of para-hydroxylation sites is 1. The van der Waals surface area contributed by atoms with Crippen LogP contribution in [0.1, 0.15) is 18.2 Å². The summed E-state index contributed by atoms with van der Waals surface area (Å²) in [5.41, 5.74) is 2.96. The molecule has 2 aromatic rings. The third-order valence-electron chi connectivity index (χ3n) is 2.37. The van der Waals surface area contributed by atoms with E-state index in [1.165, 1.54) is 0 Å². The van der Waals surface area contributed by atoms with E-state index in [0.717, 1.165) is 22.2 Å². The monoisotopic (exact) mass is 211 g/mol. The van der Waals surface area contributed by atoms with Gasteiger partial charge in [-0.05, 0) is 37.6 Å². The average molecular weight is 211 g/mol. The van der Waals surface area contributed by atoms with Gasteiger partial charge in [-0.2, -0.15) is 0 Å². The van der Waals surface area contributed by atoms with Crippen molar-refractivity contribution >= 4 is 22.8 Å². The van der Waals surface area contributed by atoms with Gasteiger partial charge < -0.3 is 0 Å². The lowest BCUT2D eigenvalue weighted by atomic mass is 10.1. The number of pyridine rings is 1. The Labute approximate surface area is 94.6 Å². The van der Waals surface area contributed by atoms with Crippen molar-refractivity contribution in [3.8, 4) is 0 Å². The number of fused-ring (bicyclic) bond motifs is 1. The molecule has 2 nitrogen and oxygen atoms in total. The highest BCUT2D eigenvalue weighted by atomic mass is 16.1. The Hall–Kier alpha value is -1.96. The molecule has 0 bridgehead atoms. The maximum absolute atomic E-state index is 10.9. The Morgan fingerprint density at radius 1 is 1.31 bits per heavy atom. The number of hydrogen-bond donors (Lipinski definition) is 0. The zero-order valence-electron chi connectivity index (χ0n) is 9.40. The van der Waals surface area contributed by atoms with Crippen LogP contribution >= 0.6 is 0 Å². The van der Waals surface area contributed by atoms with Crippen molar-refractivity contribution < 1.29 is 4.79 Å². The highest BCUT2D eigenvalue weighted by molar-refractivity contribution is 5.95. The van der Waals surface area contributed by atoms with Gasteiger partial charge in [-0.15, -0.1) is 0 Å². The molecule has 0 saturated heterocycles. The molecule has 1 heterocycles. The highest BCUT2D eigenvalue weighted by Crippen LogP contribution is 2.19. The van der Waals surface area contributed by atoms with Gasteiger partial charge in [-0.3, -0.25) is 9.78 Å². The van der Waals surface area contributed by atoms with Crippen LogP contribution in [0.3, 0.4) is 0 Å². The molecular weight excluding hydrogens is 198 g/mol. The van der Waals surface area contributed by atoms with E-state index >= 15 is 0 Å². The lowest BCUT2D eigenvalue weighted by molar-refractivity contribution is -0.112. The van der Waals surface area contributed by atoms with Gasteiger partial charge in [0.2, 0.25) is 0 Å². The SMILES string of the molecule is CC(=O)/C=C/c1cc(C)nc2ccccc12. The first-order valence-corrected chi connectivity index (χ1v) is 5.22. The summed E-state index contributed by atoms with van der Waals surface area (Å²) in [6, 6.07) is 9.93. The number of ketones is 1. The first-order valence-electron chi connectivity index (χ1n) is 5.22. The number of allylic oxidation sites excluding steroid dienone is 1. The highest BCUT2D eigenvalue weighted by Gasteiger charge is 2.00. The van der Waals surface area contributed by atoms with Crippen molar-refractivity contribution in [3.63, 3.8) is 0 Å². The molecule has 0 fully saturated rings. The molecule has 0 aliphatic carbocycles. The second-order valence-electron chi connectivity index (χ2n) is 3.81. The number of nitrogens with zero attached hydrogens (tertiary/aromatic N) is 1. The van der Waals surface area contributed by atoms with Gasteiger partial charge in [0.05, 0.1) is 5.52 Å². The molecule has 0 N–H and O–H groups in total. The summed E-state index contributed by atoms with van der Waals surface area (Å²) in [6.07, 6.45) is 3.43. The van der Waals surface area contributed by atoms with Crippen LogP contribution in [0.25, 0.3) is 17.0 Å². The molecule has 0 unspecified atom stereocenters. The third kappa shape index (κ3) is 2.16. The summed E-state index contributed by atoms with van der Waals surface area (Å²) in [6.45, 7) is 3.50. The first-order chi connectivity index (χ1) is 7.66.